The standard InChI is InChI=1S/C15H28BN/c1-11(2)17-12(3)9-13-10-14(16)7-5-4-6-8-15(13)17/h11-12,14H,4-10,16H2,1-3H3. The van der Waals surface area contributed by atoms with Gasteiger partial charge in [-0.15, -0.1) is 0 Å². The molecule has 0 saturated carbocycles. The van der Waals surface area contributed by atoms with Crippen molar-refractivity contribution in [3.8, 4) is 0 Å². The molecule has 2 heteroatoms. The van der Waals surface area contributed by atoms with Crippen molar-refractivity contribution in [1.29, 1.82) is 0 Å². The molecule has 2 rings (SSSR count). The third-order valence-corrected chi connectivity index (χ3v) is 4.50. The normalized spacial score (nSPS) is 31.2. The smallest absolute Gasteiger partial charge is 0.105 e. The summed E-state index contributed by atoms with van der Waals surface area (Å²) in [6, 6.07) is 1.42. The fourth-order valence-corrected chi connectivity index (χ4v) is 3.83. The van der Waals surface area contributed by atoms with Gasteiger partial charge in [0.2, 0.25) is 0 Å². The van der Waals surface area contributed by atoms with Gasteiger partial charge in [-0.25, -0.2) is 0 Å². The van der Waals surface area contributed by atoms with Gasteiger partial charge < -0.3 is 4.90 Å². The van der Waals surface area contributed by atoms with Gasteiger partial charge in [-0.3, -0.25) is 0 Å². The van der Waals surface area contributed by atoms with Gasteiger partial charge in [-0.2, -0.15) is 0 Å². The quantitative estimate of drug-likeness (QED) is 0.626. The lowest BCUT2D eigenvalue weighted by Gasteiger charge is -2.32. The zero-order valence-corrected chi connectivity index (χ0v) is 12.1. The Morgan fingerprint density at radius 3 is 2.65 bits per heavy atom. The van der Waals surface area contributed by atoms with Crippen LogP contribution >= 0.6 is 0 Å². The number of hydrogen-bond donors (Lipinski definition) is 0. The summed E-state index contributed by atoms with van der Waals surface area (Å²) < 4.78 is 0. The molecular formula is C15H28BN. The van der Waals surface area contributed by atoms with Crippen molar-refractivity contribution < 1.29 is 0 Å². The van der Waals surface area contributed by atoms with Crippen molar-refractivity contribution in [1.82, 2.24) is 4.90 Å². The van der Waals surface area contributed by atoms with Gasteiger partial charge in [-0.05, 0) is 52.0 Å². The van der Waals surface area contributed by atoms with Gasteiger partial charge in [0.1, 0.15) is 7.85 Å². The number of nitrogens with zero attached hydrogens (tertiary/aromatic N) is 1. The molecule has 0 aromatic rings. The molecule has 1 nitrogen and oxygen atoms in total. The Balaban J connectivity index is 2.19. The van der Waals surface area contributed by atoms with Crippen molar-refractivity contribution >= 4 is 7.85 Å². The molecule has 0 amide bonds. The van der Waals surface area contributed by atoms with Crippen LogP contribution in [0.1, 0.15) is 65.7 Å². The van der Waals surface area contributed by atoms with Crippen LogP contribution in [0, 0.1) is 0 Å². The maximum Gasteiger partial charge on any atom is 0.105 e. The van der Waals surface area contributed by atoms with Gasteiger partial charge in [0.15, 0.2) is 0 Å². The Labute approximate surface area is 108 Å². The van der Waals surface area contributed by atoms with Crippen LogP contribution in [0.4, 0.5) is 0 Å². The van der Waals surface area contributed by atoms with E-state index < -0.39 is 0 Å². The number of rotatable bonds is 1. The zero-order chi connectivity index (χ0) is 12.4. The van der Waals surface area contributed by atoms with Crippen LogP contribution in [0.5, 0.6) is 0 Å². The molecule has 1 aliphatic heterocycles. The molecule has 2 atom stereocenters. The second-order valence-electron chi connectivity index (χ2n) is 6.51. The third-order valence-electron chi connectivity index (χ3n) is 4.50. The van der Waals surface area contributed by atoms with Crippen molar-refractivity contribution in [3.63, 3.8) is 0 Å². The molecule has 0 spiro atoms. The van der Waals surface area contributed by atoms with Gasteiger partial charge in [0.05, 0.1) is 0 Å². The van der Waals surface area contributed by atoms with Crippen LogP contribution in [0.25, 0.3) is 0 Å². The Morgan fingerprint density at radius 2 is 1.94 bits per heavy atom. The van der Waals surface area contributed by atoms with Gasteiger partial charge in [0, 0.05) is 17.8 Å². The lowest BCUT2D eigenvalue weighted by Crippen LogP contribution is -2.33. The van der Waals surface area contributed by atoms with Crippen LogP contribution in [0.15, 0.2) is 11.3 Å². The first-order chi connectivity index (χ1) is 8.09. The summed E-state index contributed by atoms with van der Waals surface area (Å²) in [5, 5.41) is 0. The Morgan fingerprint density at radius 1 is 1.18 bits per heavy atom. The zero-order valence-electron chi connectivity index (χ0n) is 12.1. The van der Waals surface area contributed by atoms with Crippen LogP contribution in [0.3, 0.4) is 0 Å². The first-order valence-electron chi connectivity index (χ1n) is 7.58. The Bertz CT molecular complexity index is 295. The molecule has 96 valence electrons. The molecular weight excluding hydrogens is 205 g/mol. The molecule has 17 heavy (non-hydrogen) atoms. The molecule has 2 unspecified atom stereocenters. The first kappa shape index (κ1) is 13.0. The fourth-order valence-electron chi connectivity index (χ4n) is 3.83. The highest BCUT2D eigenvalue weighted by Crippen LogP contribution is 2.39. The minimum Gasteiger partial charge on any atom is -0.369 e. The monoisotopic (exact) mass is 233 g/mol. The molecule has 1 heterocycles. The minimum atomic E-state index is 0.675. The van der Waals surface area contributed by atoms with E-state index in [0.717, 1.165) is 11.9 Å². The summed E-state index contributed by atoms with van der Waals surface area (Å²) in [5.41, 5.74) is 3.52. The van der Waals surface area contributed by atoms with Crippen molar-refractivity contribution in [2.75, 3.05) is 0 Å². The van der Waals surface area contributed by atoms with E-state index in [4.69, 9.17) is 0 Å². The summed E-state index contributed by atoms with van der Waals surface area (Å²) in [6.07, 6.45) is 9.75. The maximum absolute atomic E-state index is 2.70. The Kier molecular flexibility index (Phi) is 4.22. The predicted molar refractivity (Wildman–Crippen MR) is 78.1 cm³/mol. The van der Waals surface area contributed by atoms with Crippen molar-refractivity contribution in [3.05, 3.63) is 11.3 Å². The lowest BCUT2D eigenvalue weighted by molar-refractivity contribution is 0.233. The summed E-state index contributed by atoms with van der Waals surface area (Å²) >= 11 is 0. The molecule has 0 fully saturated rings. The topological polar surface area (TPSA) is 3.24 Å². The van der Waals surface area contributed by atoms with Gasteiger partial charge in [0.25, 0.3) is 0 Å². The molecule has 0 radical (unpaired) electrons. The van der Waals surface area contributed by atoms with E-state index in [9.17, 15) is 0 Å². The molecule has 0 saturated heterocycles. The predicted octanol–water partition coefficient (Wildman–Crippen LogP) is 3.52. The van der Waals surface area contributed by atoms with E-state index in [-0.39, 0.29) is 0 Å². The van der Waals surface area contributed by atoms with E-state index in [2.05, 4.69) is 33.5 Å². The first-order valence-corrected chi connectivity index (χ1v) is 7.58. The average Bonchev–Trinajstić information content (AvgIpc) is 2.56. The molecule has 2 aliphatic rings. The van der Waals surface area contributed by atoms with Crippen LogP contribution in [0.2, 0.25) is 5.82 Å². The van der Waals surface area contributed by atoms with Gasteiger partial charge in [-0.1, -0.05) is 25.1 Å². The summed E-state index contributed by atoms with van der Waals surface area (Å²) in [4.78, 5) is 2.70. The summed E-state index contributed by atoms with van der Waals surface area (Å²) in [7, 11) is 2.44. The van der Waals surface area contributed by atoms with E-state index >= 15 is 0 Å². The average molecular weight is 233 g/mol. The highest BCUT2D eigenvalue weighted by molar-refractivity contribution is 6.11. The van der Waals surface area contributed by atoms with Crippen LogP contribution in [-0.2, 0) is 0 Å². The molecule has 0 aromatic heterocycles. The summed E-state index contributed by atoms with van der Waals surface area (Å²) in [5.74, 6) is 0.900. The number of allylic oxidation sites excluding steroid dienone is 1. The summed E-state index contributed by atoms with van der Waals surface area (Å²) in [6.45, 7) is 7.11. The minimum absolute atomic E-state index is 0.675. The second kappa shape index (κ2) is 5.50. The van der Waals surface area contributed by atoms with E-state index in [0.29, 0.717) is 6.04 Å². The second-order valence-corrected chi connectivity index (χ2v) is 6.51. The Hall–Kier alpha value is -0.395. The van der Waals surface area contributed by atoms with Crippen molar-refractivity contribution in [2.45, 2.75) is 83.6 Å². The van der Waals surface area contributed by atoms with Crippen molar-refractivity contribution in [2.24, 2.45) is 0 Å². The van der Waals surface area contributed by atoms with Crippen LogP contribution in [-0.4, -0.2) is 24.8 Å². The highest BCUT2D eigenvalue weighted by Gasteiger charge is 2.30. The van der Waals surface area contributed by atoms with Gasteiger partial charge >= 0.3 is 0 Å². The number of hydrogen-bond acceptors (Lipinski definition) is 1. The SMILES string of the molecule is BC1CCCCCC2=C(C1)CC(C)N2C(C)C. The molecule has 0 N–H and O–H groups in total. The fraction of sp³-hybridized carbons (Fsp3) is 0.867. The van der Waals surface area contributed by atoms with E-state index in [1.54, 1.807) is 11.3 Å². The van der Waals surface area contributed by atoms with E-state index in [1.807, 2.05) is 0 Å². The molecule has 1 aliphatic carbocycles. The lowest BCUT2D eigenvalue weighted by atomic mass is 9.78. The highest BCUT2D eigenvalue weighted by atomic mass is 15.2. The van der Waals surface area contributed by atoms with Crippen LogP contribution < -0.4 is 0 Å². The molecule has 0 bridgehead atoms. The van der Waals surface area contributed by atoms with E-state index in [1.165, 1.54) is 44.9 Å². The largest absolute Gasteiger partial charge is 0.369 e. The molecule has 0 aromatic carbocycles. The maximum atomic E-state index is 2.70. The third kappa shape index (κ3) is 2.89.